The number of nitrogens with one attached hydrogen (secondary N) is 2. The van der Waals surface area contributed by atoms with E-state index in [-0.39, 0.29) is 0 Å². The molecule has 4 aromatic rings. The van der Waals surface area contributed by atoms with Crippen LogP contribution < -0.4 is 11.1 Å². The van der Waals surface area contributed by atoms with Crippen LogP contribution in [0.5, 0.6) is 0 Å². The maximum absolute atomic E-state index is 13.1. The number of anilines is 2. The van der Waals surface area contributed by atoms with Gasteiger partial charge in [-0.3, -0.25) is 4.21 Å². The van der Waals surface area contributed by atoms with Crippen molar-refractivity contribution in [2.75, 3.05) is 11.1 Å². The highest BCUT2D eigenvalue weighted by Crippen LogP contribution is 2.27. The first kappa shape index (κ1) is 21.1. The summed E-state index contributed by atoms with van der Waals surface area (Å²) in [6.45, 7) is 4.87. The molecule has 5 nitrogen and oxygen atoms in total. The molecule has 0 aliphatic carbocycles. The standard InChI is InChI=1S/C25H28N4OS/c1-3-17-9-7-11-19(23(17)26)15-27-24-18(4-2)10-8-12-20(24)16-31(30)25-28-21-13-5-6-14-22(21)29-25/h5-14,27H,3-4,15-16,26H2,1-2H3,(H,28,29)/t31-/m0/s1. The smallest absolute Gasteiger partial charge is 0.197 e. The molecule has 0 saturated heterocycles. The molecule has 3 aromatic carbocycles. The number of hydrogen-bond donors (Lipinski definition) is 3. The lowest BCUT2D eigenvalue weighted by atomic mass is 10.0. The zero-order valence-electron chi connectivity index (χ0n) is 17.9. The Morgan fingerprint density at radius 3 is 2.32 bits per heavy atom. The molecule has 0 aliphatic heterocycles. The number of fused-ring (bicyclic) bond motifs is 1. The van der Waals surface area contributed by atoms with Crippen LogP contribution in [0.3, 0.4) is 0 Å². The van der Waals surface area contributed by atoms with E-state index in [4.69, 9.17) is 5.73 Å². The number of hydrogen-bond acceptors (Lipinski definition) is 4. The molecule has 0 amide bonds. The van der Waals surface area contributed by atoms with Crippen molar-refractivity contribution in [3.8, 4) is 0 Å². The predicted molar refractivity (Wildman–Crippen MR) is 130 cm³/mol. The van der Waals surface area contributed by atoms with E-state index in [1.165, 1.54) is 5.56 Å². The Morgan fingerprint density at radius 1 is 0.903 bits per heavy atom. The zero-order valence-corrected chi connectivity index (χ0v) is 18.8. The Labute approximate surface area is 185 Å². The number of nitrogens with two attached hydrogens (primary N) is 1. The molecule has 4 N–H and O–H groups in total. The topological polar surface area (TPSA) is 83.8 Å². The van der Waals surface area contributed by atoms with E-state index in [9.17, 15) is 4.21 Å². The van der Waals surface area contributed by atoms with Crippen LogP contribution in [0.4, 0.5) is 11.4 Å². The van der Waals surface area contributed by atoms with Gasteiger partial charge in [0.15, 0.2) is 5.16 Å². The third kappa shape index (κ3) is 4.49. The molecule has 160 valence electrons. The van der Waals surface area contributed by atoms with E-state index < -0.39 is 10.8 Å². The third-order valence-electron chi connectivity index (χ3n) is 5.61. The van der Waals surface area contributed by atoms with Crippen molar-refractivity contribution in [3.05, 3.63) is 82.9 Å². The molecule has 0 aliphatic rings. The van der Waals surface area contributed by atoms with Gasteiger partial charge in [0.05, 0.1) is 27.6 Å². The number of aromatic amines is 1. The van der Waals surface area contributed by atoms with Crippen LogP contribution in [-0.4, -0.2) is 14.2 Å². The highest BCUT2D eigenvalue weighted by Gasteiger charge is 2.15. The summed E-state index contributed by atoms with van der Waals surface area (Å²) in [5, 5.41) is 4.09. The summed E-state index contributed by atoms with van der Waals surface area (Å²) in [6.07, 6.45) is 1.80. The average Bonchev–Trinajstić information content (AvgIpc) is 3.23. The molecule has 1 aromatic heterocycles. The number of nitrogen functional groups attached to an aromatic ring is 1. The Morgan fingerprint density at radius 2 is 1.58 bits per heavy atom. The Bertz CT molecular complexity index is 1200. The van der Waals surface area contributed by atoms with Crippen molar-refractivity contribution in [3.63, 3.8) is 0 Å². The second kappa shape index (κ2) is 9.35. The van der Waals surface area contributed by atoms with Gasteiger partial charge in [0.1, 0.15) is 0 Å². The van der Waals surface area contributed by atoms with Crippen LogP contribution >= 0.6 is 0 Å². The largest absolute Gasteiger partial charge is 0.398 e. The van der Waals surface area contributed by atoms with Crippen molar-refractivity contribution >= 4 is 33.2 Å². The molecule has 0 bridgehead atoms. The van der Waals surface area contributed by atoms with E-state index in [1.807, 2.05) is 36.4 Å². The Hall–Kier alpha value is -3.12. The average molecular weight is 433 g/mol. The second-order valence-corrected chi connectivity index (χ2v) is 8.92. The molecular weight excluding hydrogens is 404 g/mol. The molecule has 0 radical (unpaired) electrons. The minimum Gasteiger partial charge on any atom is -0.398 e. The molecule has 4 rings (SSSR count). The highest BCUT2D eigenvalue weighted by molar-refractivity contribution is 7.84. The van der Waals surface area contributed by atoms with Crippen LogP contribution in [-0.2, 0) is 35.9 Å². The quantitative estimate of drug-likeness (QED) is 0.335. The van der Waals surface area contributed by atoms with Crippen LogP contribution in [0.25, 0.3) is 11.0 Å². The molecule has 0 saturated carbocycles. The number of rotatable bonds is 8. The van der Waals surface area contributed by atoms with E-state index >= 15 is 0 Å². The Kier molecular flexibility index (Phi) is 6.37. The number of H-pyrrole nitrogens is 1. The summed E-state index contributed by atoms with van der Waals surface area (Å²) in [5.74, 6) is 0.389. The number of benzene rings is 3. The van der Waals surface area contributed by atoms with Gasteiger partial charge in [-0.25, -0.2) is 4.98 Å². The summed E-state index contributed by atoms with van der Waals surface area (Å²) >= 11 is 0. The number of nitrogens with zero attached hydrogens (tertiary/aromatic N) is 1. The fraction of sp³-hybridized carbons (Fsp3) is 0.240. The number of aryl methyl sites for hydroxylation is 2. The maximum Gasteiger partial charge on any atom is 0.197 e. The molecule has 1 atom stereocenters. The SMILES string of the molecule is CCc1cccc(CNc2c(CC)cccc2C[S@](=O)c2nc3ccccc3[nH]2)c1N. The van der Waals surface area contributed by atoms with Gasteiger partial charge in [-0.1, -0.05) is 62.4 Å². The molecule has 0 spiro atoms. The molecule has 6 heteroatoms. The lowest BCUT2D eigenvalue weighted by Crippen LogP contribution is -2.10. The first-order valence-electron chi connectivity index (χ1n) is 10.6. The summed E-state index contributed by atoms with van der Waals surface area (Å²) in [6, 6.07) is 20.1. The summed E-state index contributed by atoms with van der Waals surface area (Å²) in [4.78, 5) is 7.71. The van der Waals surface area contributed by atoms with Gasteiger partial charge in [0.25, 0.3) is 0 Å². The summed E-state index contributed by atoms with van der Waals surface area (Å²) < 4.78 is 13.1. The van der Waals surface area contributed by atoms with Crippen molar-refractivity contribution in [2.24, 2.45) is 0 Å². The minimum atomic E-state index is -1.28. The first-order valence-corrected chi connectivity index (χ1v) is 12.0. The van der Waals surface area contributed by atoms with E-state index in [0.717, 1.165) is 51.9 Å². The lowest BCUT2D eigenvalue weighted by Gasteiger charge is -2.17. The van der Waals surface area contributed by atoms with Gasteiger partial charge in [0.2, 0.25) is 0 Å². The summed E-state index contributed by atoms with van der Waals surface area (Å²) in [5.41, 5.74) is 14.4. The number of para-hydroxylation sites is 4. The van der Waals surface area contributed by atoms with Crippen molar-refractivity contribution in [1.29, 1.82) is 0 Å². The number of imidazole rings is 1. The van der Waals surface area contributed by atoms with Crippen LogP contribution in [0.2, 0.25) is 0 Å². The van der Waals surface area contributed by atoms with Gasteiger partial charge in [0, 0.05) is 17.9 Å². The van der Waals surface area contributed by atoms with Crippen molar-refractivity contribution in [1.82, 2.24) is 9.97 Å². The molecule has 31 heavy (non-hydrogen) atoms. The summed E-state index contributed by atoms with van der Waals surface area (Å²) in [7, 11) is -1.28. The minimum absolute atomic E-state index is 0.389. The van der Waals surface area contributed by atoms with Gasteiger partial charge in [-0.05, 0) is 47.2 Å². The normalized spacial score (nSPS) is 12.2. The fourth-order valence-electron chi connectivity index (χ4n) is 3.85. The van der Waals surface area contributed by atoms with E-state index in [1.54, 1.807) is 0 Å². The van der Waals surface area contributed by atoms with E-state index in [0.29, 0.717) is 17.5 Å². The van der Waals surface area contributed by atoms with Crippen molar-refractivity contribution in [2.45, 2.75) is 44.1 Å². The zero-order chi connectivity index (χ0) is 21.8. The van der Waals surface area contributed by atoms with Crippen molar-refractivity contribution < 1.29 is 4.21 Å². The van der Waals surface area contributed by atoms with Gasteiger partial charge >= 0.3 is 0 Å². The van der Waals surface area contributed by atoms with Gasteiger partial charge in [-0.15, -0.1) is 0 Å². The molecular formula is C25H28N4OS. The fourth-order valence-corrected chi connectivity index (χ4v) is 4.94. The van der Waals surface area contributed by atoms with Crippen LogP contribution in [0.15, 0.2) is 65.8 Å². The van der Waals surface area contributed by atoms with E-state index in [2.05, 4.69) is 53.4 Å². The molecule has 1 heterocycles. The predicted octanol–water partition coefficient (Wildman–Crippen LogP) is 5.19. The molecule has 0 fully saturated rings. The maximum atomic E-state index is 13.1. The molecule has 0 unspecified atom stereocenters. The third-order valence-corrected chi connectivity index (χ3v) is 6.81. The lowest BCUT2D eigenvalue weighted by molar-refractivity contribution is 0.677. The van der Waals surface area contributed by atoms with Gasteiger partial charge in [-0.2, -0.15) is 0 Å². The Balaban J connectivity index is 1.59. The number of aromatic nitrogens is 2. The highest BCUT2D eigenvalue weighted by atomic mass is 32.2. The second-order valence-electron chi connectivity index (χ2n) is 7.55. The monoisotopic (exact) mass is 432 g/mol. The first-order chi connectivity index (χ1) is 15.1. The van der Waals surface area contributed by atoms with Crippen LogP contribution in [0, 0.1) is 0 Å². The van der Waals surface area contributed by atoms with Gasteiger partial charge < -0.3 is 16.0 Å². The van der Waals surface area contributed by atoms with Crippen LogP contribution in [0.1, 0.15) is 36.1 Å².